The summed E-state index contributed by atoms with van der Waals surface area (Å²) in [6, 6.07) is 0. The second kappa shape index (κ2) is 64.5. The number of likely N-dealkylation sites (N-methyl/N-ethyl adjacent to an activating group) is 1. The number of carbonyl (C=O) groups is 3. The molecule has 0 saturated heterocycles. The third kappa shape index (κ3) is 65.9. The Morgan fingerprint density at radius 2 is 0.699 bits per heavy atom. The predicted molar refractivity (Wildman–Crippen MR) is 355 cm³/mol. The van der Waals surface area contributed by atoms with Crippen molar-refractivity contribution in [3.63, 3.8) is 0 Å². The number of unbranched alkanes of at least 4 members (excludes halogenated alkanes) is 35. The number of carbonyl (C=O) groups excluding carboxylic acids is 2. The first-order valence-electron chi connectivity index (χ1n) is 34.8. The smallest absolute Gasteiger partial charge is 0.361 e. The van der Waals surface area contributed by atoms with Crippen molar-refractivity contribution >= 4 is 17.9 Å². The van der Waals surface area contributed by atoms with Gasteiger partial charge in [-0.15, -0.1) is 0 Å². The van der Waals surface area contributed by atoms with Crippen LogP contribution in [0.1, 0.15) is 309 Å². The maximum Gasteiger partial charge on any atom is 0.361 e. The first kappa shape index (κ1) is 79.5. The number of carboxylic acid groups (broad SMARTS) is 1. The van der Waals surface area contributed by atoms with E-state index in [1.54, 1.807) is 0 Å². The van der Waals surface area contributed by atoms with Crippen molar-refractivity contribution in [3.8, 4) is 0 Å². The summed E-state index contributed by atoms with van der Waals surface area (Å²) in [5.41, 5.74) is 0. The molecule has 480 valence electrons. The predicted octanol–water partition coefficient (Wildman–Crippen LogP) is 21.5. The minimum atomic E-state index is -1.53. The molecule has 83 heavy (non-hydrogen) atoms. The van der Waals surface area contributed by atoms with E-state index in [1.165, 1.54) is 212 Å². The fraction of sp³-hybridized carbons (Fsp3) is 0.770. The molecule has 0 bridgehead atoms. The van der Waals surface area contributed by atoms with Crippen molar-refractivity contribution < 1.29 is 42.9 Å². The largest absolute Gasteiger partial charge is 0.477 e. The summed E-state index contributed by atoms with van der Waals surface area (Å²) in [6.45, 7) is 4.71. The molecule has 0 aliphatic carbocycles. The summed E-state index contributed by atoms with van der Waals surface area (Å²) < 4.78 is 22.8. The monoisotopic (exact) mass is 1160 g/mol. The van der Waals surface area contributed by atoms with Crippen LogP contribution in [0, 0.1) is 0 Å². The Labute approximate surface area is 512 Å². The Bertz CT molecular complexity index is 1640. The second-order valence-electron chi connectivity index (χ2n) is 24.5. The molecular formula is C74H132NO8+. The first-order valence-corrected chi connectivity index (χ1v) is 34.8. The van der Waals surface area contributed by atoms with Gasteiger partial charge in [0.05, 0.1) is 34.4 Å². The highest BCUT2D eigenvalue weighted by Crippen LogP contribution is 2.18. The van der Waals surface area contributed by atoms with Crippen LogP contribution in [-0.2, 0) is 33.3 Å². The van der Waals surface area contributed by atoms with E-state index in [0.29, 0.717) is 23.9 Å². The average Bonchev–Trinajstić information content (AvgIpc) is 3.46. The summed E-state index contributed by atoms with van der Waals surface area (Å²) >= 11 is 0. The molecule has 9 nitrogen and oxygen atoms in total. The number of hydrogen-bond acceptors (Lipinski definition) is 7. The van der Waals surface area contributed by atoms with Gasteiger partial charge in [0.25, 0.3) is 6.29 Å². The normalized spacial score (nSPS) is 13.2. The molecule has 9 heteroatoms. The lowest BCUT2D eigenvalue weighted by Gasteiger charge is -2.25. The molecule has 0 aromatic rings. The second-order valence-corrected chi connectivity index (χ2v) is 24.5. The summed E-state index contributed by atoms with van der Waals surface area (Å²) in [5.74, 6) is -2.08. The Morgan fingerprint density at radius 3 is 1.06 bits per heavy atom. The number of allylic oxidation sites excluding steroid dienone is 14. The van der Waals surface area contributed by atoms with Crippen LogP contribution in [0.15, 0.2) is 85.1 Å². The average molecular weight is 1160 g/mol. The summed E-state index contributed by atoms with van der Waals surface area (Å²) in [5, 5.41) is 9.71. The van der Waals surface area contributed by atoms with E-state index in [4.69, 9.17) is 18.9 Å². The van der Waals surface area contributed by atoms with Crippen molar-refractivity contribution in [1.82, 2.24) is 0 Å². The van der Waals surface area contributed by atoms with Gasteiger partial charge in [0, 0.05) is 12.8 Å². The van der Waals surface area contributed by atoms with Crippen LogP contribution in [0.2, 0.25) is 0 Å². The zero-order valence-corrected chi connectivity index (χ0v) is 54.8. The number of aliphatic carboxylic acids is 1. The van der Waals surface area contributed by atoms with E-state index in [2.05, 4.69) is 98.9 Å². The molecule has 0 rings (SSSR count). The topological polar surface area (TPSA) is 108 Å². The van der Waals surface area contributed by atoms with E-state index in [-0.39, 0.29) is 32.2 Å². The molecule has 2 atom stereocenters. The maximum atomic E-state index is 12.8. The van der Waals surface area contributed by atoms with Crippen molar-refractivity contribution in [3.05, 3.63) is 85.1 Å². The Morgan fingerprint density at radius 1 is 0.373 bits per heavy atom. The minimum Gasteiger partial charge on any atom is -0.477 e. The van der Waals surface area contributed by atoms with Gasteiger partial charge in [-0.2, -0.15) is 0 Å². The van der Waals surface area contributed by atoms with Crippen LogP contribution < -0.4 is 0 Å². The highest BCUT2D eigenvalue weighted by Gasteiger charge is 2.25. The highest BCUT2D eigenvalue weighted by molar-refractivity contribution is 5.71. The standard InChI is InChI=1S/C74H131NO8/c1-6-8-10-12-14-16-18-20-22-24-25-26-27-28-29-30-31-32-33-34-35-36-37-38-39-40-41-42-43-44-45-46-47-49-50-52-54-56-58-60-62-64-71(76)81-68-70(69-82-74(73(78)79)80-67-66-75(3,4)5)83-72(77)65-63-61-59-57-55-53-51-48-23-21-19-17-15-13-11-9-7-2/h9,11,15,17-18,20-21,23-25,51,53,57,59,70,74H,6-8,10,12-14,16,19,22,26-50,52,54-56,58,60-69H2,1-5H3/p+1/b11-9-,17-15-,20-18-,23-21-,25-24-,53-51-,59-57-. The number of hydrogen-bond donors (Lipinski definition) is 1. The van der Waals surface area contributed by atoms with Crippen molar-refractivity contribution in [2.24, 2.45) is 0 Å². The highest BCUT2D eigenvalue weighted by atomic mass is 16.7. The zero-order chi connectivity index (χ0) is 60.5. The van der Waals surface area contributed by atoms with Crippen LogP contribution in [0.3, 0.4) is 0 Å². The molecule has 0 spiro atoms. The number of quaternary nitrogens is 1. The Hall–Kier alpha value is -3.53. The lowest BCUT2D eigenvalue weighted by Crippen LogP contribution is -2.40. The Kier molecular flexibility index (Phi) is 61.7. The van der Waals surface area contributed by atoms with E-state index < -0.39 is 24.3 Å². The molecule has 0 aromatic heterocycles. The molecule has 0 fully saturated rings. The molecule has 2 unspecified atom stereocenters. The van der Waals surface area contributed by atoms with Gasteiger partial charge in [-0.3, -0.25) is 9.59 Å². The molecule has 0 aliphatic heterocycles. The number of carboxylic acids is 1. The van der Waals surface area contributed by atoms with Crippen LogP contribution in [-0.4, -0.2) is 87.4 Å². The van der Waals surface area contributed by atoms with Crippen molar-refractivity contribution in [2.75, 3.05) is 47.5 Å². The van der Waals surface area contributed by atoms with E-state index in [0.717, 1.165) is 64.2 Å². The molecule has 0 aliphatic rings. The van der Waals surface area contributed by atoms with Gasteiger partial charge in [0.1, 0.15) is 13.2 Å². The zero-order valence-electron chi connectivity index (χ0n) is 54.8. The van der Waals surface area contributed by atoms with Crippen molar-refractivity contribution in [2.45, 2.75) is 322 Å². The van der Waals surface area contributed by atoms with Gasteiger partial charge >= 0.3 is 17.9 Å². The first-order chi connectivity index (χ1) is 40.6. The molecular weight excluding hydrogens is 1030 g/mol. The third-order valence-electron chi connectivity index (χ3n) is 15.1. The van der Waals surface area contributed by atoms with E-state index in [1.807, 2.05) is 21.1 Å². The van der Waals surface area contributed by atoms with E-state index in [9.17, 15) is 19.5 Å². The Balaban J connectivity index is 3.95. The quantitative estimate of drug-likeness (QED) is 0.0211. The summed E-state index contributed by atoms with van der Waals surface area (Å²) in [4.78, 5) is 37.5. The van der Waals surface area contributed by atoms with Gasteiger partial charge in [-0.1, -0.05) is 298 Å². The number of ether oxygens (including phenoxy) is 4. The van der Waals surface area contributed by atoms with Crippen molar-refractivity contribution in [1.29, 1.82) is 0 Å². The molecule has 0 radical (unpaired) electrons. The van der Waals surface area contributed by atoms with Crippen LogP contribution in [0.4, 0.5) is 0 Å². The van der Waals surface area contributed by atoms with Crippen LogP contribution in [0.25, 0.3) is 0 Å². The molecule has 0 amide bonds. The molecule has 1 N–H and O–H groups in total. The molecule has 0 aromatic carbocycles. The van der Waals surface area contributed by atoms with Gasteiger partial charge in [-0.05, 0) is 83.5 Å². The van der Waals surface area contributed by atoms with Crippen LogP contribution >= 0.6 is 0 Å². The summed E-state index contributed by atoms with van der Waals surface area (Å²) in [7, 11) is 5.95. The van der Waals surface area contributed by atoms with Gasteiger partial charge in [0.2, 0.25) is 0 Å². The summed E-state index contributed by atoms with van der Waals surface area (Å²) in [6.07, 6.45) is 84.6. The van der Waals surface area contributed by atoms with Gasteiger partial charge in [-0.25, -0.2) is 4.79 Å². The fourth-order valence-corrected chi connectivity index (χ4v) is 9.85. The lowest BCUT2D eigenvalue weighted by molar-refractivity contribution is -0.870. The molecule has 0 heterocycles. The van der Waals surface area contributed by atoms with E-state index >= 15 is 0 Å². The lowest BCUT2D eigenvalue weighted by atomic mass is 10.0. The van der Waals surface area contributed by atoms with Gasteiger partial charge < -0.3 is 28.5 Å². The number of esters is 2. The molecule has 0 saturated carbocycles. The maximum absolute atomic E-state index is 12.8. The number of nitrogens with zero attached hydrogens (tertiary/aromatic N) is 1. The third-order valence-corrected chi connectivity index (χ3v) is 15.1. The fourth-order valence-electron chi connectivity index (χ4n) is 9.85. The van der Waals surface area contributed by atoms with Gasteiger partial charge in [0.15, 0.2) is 6.10 Å². The SMILES string of the molecule is CC/C=C\C/C=C\C/C=C\C/C=C\C/C=C\CCCC(=O)OC(COC(=O)CCCCCCCCCCCCCCCCCCCCCCCCCCCCCCC/C=C\C/C=C\CCCCCCC)COC(OCC[N+](C)(C)C)C(=O)O. The van der Waals surface area contributed by atoms with Crippen LogP contribution in [0.5, 0.6) is 0 Å². The minimum absolute atomic E-state index is 0.175. The number of rotatable bonds is 64.